The van der Waals surface area contributed by atoms with Crippen LogP contribution in [0.25, 0.3) is 0 Å². The summed E-state index contributed by atoms with van der Waals surface area (Å²) in [6, 6.07) is 4.23. The number of nitrogens with one attached hydrogen (secondary N) is 1. The Bertz CT molecular complexity index is 765. The van der Waals surface area contributed by atoms with Gasteiger partial charge in [0, 0.05) is 17.5 Å². The zero-order valence-electron chi connectivity index (χ0n) is 11.3. The van der Waals surface area contributed by atoms with Crippen LogP contribution < -0.4 is 5.69 Å². The van der Waals surface area contributed by atoms with E-state index >= 15 is 0 Å². The molecule has 0 radical (unpaired) electrons. The van der Waals surface area contributed by atoms with Crippen molar-refractivity contribution in [2.24, 2.45) is 0 Å². The lowest BCUT2D eigenvalue weighted by Crippen LogP contribution is -2.16. The van der Waals surface area contributed by atoms with Gasteiger partial charge in [-0.1, -0.05) is 0 Å². The van der Waals surface area contributed by atoms with Crippen LogP contribution in [0.3, 0.4) is 0 Å². The van der Waals surface area contributed by atoms with Crippen LogP contribution in [0.15, 0.2) is 33.0 Å². The summed E-state index contributed by atoms with van der Waals surface area (Å²) in [6.45, 7) is 3.52. The maximum atomic E-state index is 11.5. The number of carbonyl (C=O) groups is 1. The van der Waals surface area contributed by atoms with E-state index in [9.17, 15) is 19.7 Å². The third kappa shape index (κ3) is 3.02. The van der Waals surface area contributed by atoms with Gasteiger partial charge < -0.3 is 0 Å². The van der Waals surface area contributed by atoms with Crippen LogP contribution in [-0.2, 0) is 6.54 Å². The number of aromatic nitrogens is 3. The minimum Gasteiger partial charge on any atom is -0.294 e. The maximum absolute atomic E-state index is 11.5. The van der Waals surface area contributed by atoms with Crippen LogP contribution in [0.5, 0.6) is 0 Å². The molecule has 8 nitrogen and oxygen atoms in total. The van der Waals surface area contributed by atoms with Crippen molar-refractivity contribution in [2.75, 3.05) is 0 Å². The Morgan fingerprint density at radius 3 is 2.81 bits per heavy atom. The van der Waals surface area contributed by atoms with Gasteiger partial charge in [-0.3, -0.25) is 19.5 Å². The van der Waals surface area contributed by atoms with E-state index < -0.39 is 4.92 Å². The number of hydrogen-bond donors (Lipinski definition) is 1. The average molecular weight is 308 g/mol. The first-order valence-electron chi connectivity index (χ1n) is 6.06. The van der Waals surface area contributed by atoms with E-state index in [4.69, 9.17) is 0 Å². The number of Topliss-reactive ketones (excluding diaryl/α,β-unsaturated/α-hetero) is 1. The second-order valence-electron chi connectivity index (χ2n) is 4.15. The normalized spacial score (nSPS) is 10.6. The van der Waals surface area contributed by atoms with Crippen molar-refractivity contribution < 1.29 is 9.72 Å². The van der Waals surface area contributed by atoms with Gasteiger partial charge in [-0.2, -0.15) is 0 Å². The Kier molecular flexibility index (Phi) is 4.22. The van der Waals surface area contributed by atoms with Gasteiger partial charge in [0.25, 0.3) is 5.69 Å². The fraction of sp³-hybridized carbons (Fsp3) is 0.250. The second kappa shape index (κ2) is 5.92. The molecule has 0 spiro atoms. The molecule has 0 saturated carbocycles. The lowest BCUT2D eigenvalue weighted by atomic mass is 10.1. The Balaban J connectivity index is 2.41. The van der Waals surface area contributed by atoms with Gasteiger partial charge in [-0.15, -0.1) is 5.10 Å². The third-order valence-corrected chi connectivity index (χ3v) is 3.78. The van der Waals surface area contributed by atoms with Crippen LogP contribution in [0.1, 0.15) is 24.2 Å². The molecule has 0 unspecified atom stereocenters. The van der Waals surface area contributed by atoms with Crippen LogP contribution in [0, 0.1) is 10.1 Å². The summed E-state index contributed by atoms with van der Waals surface area (Å²) in [4.78, 5) is 33.9. The topological polar surface area (TPSA) is 111 Å². The largest absolute Gasteiger partial charge is 0.343 e. The molecule has 1 heterocycles. The van der Waals surface area contributed by atoms with Crippen molar-refractivity contribution in [3.8, 4) is 0 Å². The molecule has 1 aromatic carbocycles. The van der Waals surface area contributed by atoms with Crippen LogP contribution in [0.4, 0.5) is 5.69 Å². The number of aromatic amines is 1. The number of H-pyrrole nitrogens is 1. The molecular weight excluding hydrogens is 296 g/mol. The van der Waals surface area contributed by atoms with Gasteiger partial charge in [-0.05, 0) is 37.7 Å². The summed E-state index contributed by atoms with van der Waals surface area (Å²) in [5, 5.41) is 17.5. The first-order chi connectivity index (χ1) is 9.93. The fourth-order valence-electron chi connectivity index (χ4n) is 1.79. The summed E-state index contributed by atoms with van der Waals surface area (Å²) < 4.78 is 1.43. The van der Waals surface area contributed by atoms with Crippen LogP contribution in [-0.4, -0.2) is 25.5 Å². The van der Waals surface area contributed by atoms with E-state index in [1.54, 1.807) is 6.92 Å². The Morgan fingerprint density at radius 2 is 2.24 bits per heavy atom. The lowest BCUT2D eigenvalue weighted by molar-refractivity contribution is -0.385. The van der Waals surface area contributed by atoms with Crippen LogP contribution in [0.2, 0.25) is 0 Å². The van der Waals surface area contributed by atoms with Crippen molar-refractivity contribution in [3.05, 3.63) is 44.4 Å². The Hall–Kier alpha value is -2.42. The van der Waals surface area contributed by atoms with E-state index in [1.165, 1.54) is 29.7 Å². The molecule has 1 N–H and O–H groups in total. The summed E-state index contributed by atoms with van der Waals surface area (Å²) in [6.07, 6.45) is 0. The smallest absolute Gasteiger partial charge is 0.294 e. The van der Waals surface area contributed by atoms with Crippen molar-refractivity contribution in [2.45, 2.75) is 30.4 Å². The number of nitro benzene ring substituents is 1. The molecule has 9 heteroatoms. The van der Waals surface area contributed by atoms with Gasteiger partial charge in [0.2, 0.25) is 0 Å². The predicted molar refractivity (Wildman–Crippen MR) is 75.7 cm³/mol. The molecular formula is C12H12N4O4S. The van der Waals surface area contributed by atoms with Crippen molar-refractivity contribution in [3.63, 3.8) is 0 Å². The highest BCUT2D eigenvalue weighted by Crippen LogP contribution is 2.30. The van der Waals surface area contributed by atoms with Crippen molar-refractivity contribution in [1.29, 1.82) is 0 Å². The zero-order chi connectivity index (χ0) is 15.6. The molecule has 1 aromatic heterocycles. The number of nitro groups is 1. The molecule has 0 fully saturated rings. The maximum Gasteiger partial charge on any atom is 0.343 e. The zero-order valence-corrected chi connectivity index (χ0v) is 12.1. The first-order valence-corrected chi connectivity index (χ1v) is 6.88. The minimum absolute atomic E-state index is 0.0333. The second-order valence-corrected chi connectivity index (χ2v) is 5.19. The third-order valence-electron chi connectivity index (χ3n) is 2.79. The summed E-state index contributed by atoms with van der Waals surface area (Å²) in [5.74, 6) is -0.390. The Morgan fingerprint density at radius 1 is 1.52 bits per heavy atom. The molecule has 0 aliphatic rings. The number of benzene rings is 1. The van der Waals surface area contributed by atoms with Gasteiger partial charge >= 0.3 is 5.69 Å². The molecule has 21 heavy (non-hydrogen) atoms. The molecule has 0 atom stereocenters. The molecule has 0 aliphatic heterocycles. The first kappa shape index (κ1) is 15.0. The number of hydrogen-bond acceptors (Lipinski definition) is 6. The monoisotopic (exact) mass is 308 g/mol. The predicted octanol–water partition coefficient (Wildman–Crippen LogP) is 1.85. The minimum atomic E-state index is -0.596. The number of rotatable bonds is 5. The average Bonchev–Trinajstić information content (AvgIpc) is 2.78. The molecule has 0 aliphatic carbocycles. The van der Waals surface area contributed by atoms with E-state index in [0.717, 1.165) is 11.8 Å². The standard InChI is InChI=1S/C12H12N4O4S/c1-3-15-11(18)13-14-12(15)21-8-4-5-10(16(19)20)9(6-8)7(2)17/h4-6H,3H2,1-2H3,(H,13,18). The molecule has 2 rings (SSSR count). The fourth-order valence-corrected chi connectivity index (χ4v) is 2.72. The Labute approximate surface area is 123 Å². The van der Waals surface area contributed by atoms with Gasteiger partial charge in [-0.25, -0.2) is 9.89 Å². The van der Waals surface area contributed by atoms with E-state index in [2.05, 4.69) is 10.2 Å². The lowest BCUT2D eigenvalue weighted by Gasteiger charge is -2.04. The number of ketones is 1. The van der Waals surface area contributed by atoms with E-state index in [1.807, 2.05) is 0 Å². The summed E-state index contributed by atoms with van der Waals surface area (Å²) >= 11 is 1.16. The summed E-state index contributed by atoms with van der Waals surface area (Å²) in [7, 11) is 0. The van der Waals surface area contributed by atoms with Gasteiger partial charge in [0.05, 0.1) is 10.5 Å². The highest BCUT2D eigenvalue weighted by molar-refractivity contribution is 7.99. The van der Waals surface area contributed by atoms with Crippen molar-refractivity contribution in [1.82, 2.24) is 14.8 Å². The molecule has 0 bridgehead atoms. The van der Waals surface area contributed by atoms with Crippen molar-refractivity contribution >= 4 is 23.2 Å². The van der Waals surface area contributed by atoms with E-state index in [0.29, 0.717) is 16.6 Å². The highest BCUT2D eigenvalue weighted by atomic mass is 32.2. The molecule has 0 amide bonds. The van der Waals surface area contributed by atoms with Crippen LogP contribution >= 0.6 is 11.8 Å². The highest BCUT2D eigenvalue weighted by Gasteiger charge is 2.19. The number of nitrogens with zero attached hydrogens (tertiary/aromatic N) is 3. The molecule has 2 aromatic rings. The molecule has 110 valence electrons. The summed E-state index contributed by atoms with van der Waals surface area (Å²) in [5.41, 5.74) is -0.526. The number of carbonyl (C=O) groups excluding carboxylic acids is 1. The molecule has 0 saturated heterocycles. The quantitative estimate of drug-likeness (QED) is 0.512. The van der Waals surface area contributed by atoms with Gasteiger partial charge in [0.1, 0.15) is 0 Å². The van der Waals surface area contributed by atoms with E-state index in [-0.39, 0.29) is 22.7 Å². The SMILES string of the molecule is CCn1c(Sc2ccc([N+](=O)[O-])c(C(C)=O)c2)n[nH]c1=O. The van der Waals surface area contributed by atoms with Gasteiger partial charge in [0.15, 0.2) is 10.9 Å².